The molecule has 8 nitrogen and oxygen atoms in total. The zero-order valence-corrected chi connectivity index (χ0v) is 22.5. The maximum atomic E-state index is 13.5. The van der Waals surface area contributed by atoms with E-state index in [1.807, 2.05) is 62.2 Å². The van der Waals surface area contributed by atoms with Gasteiger partial charge >= 0.3 is 0 Å². The number of methoxy groups -OCH3 is 1. The summed E-state index contributed by atoms with van der Waals surface area (Å²) in [6.07, 6.45) is 0.0405. The molecule has 2 heterocycles. The molecule has 1 amide bonds. The highest BCUT2D eigenvalue weighted by Gasteiger charge is 2.46. The lowest BCUT2D eigenvalue weighted by Gasteiger charge is -2.28. The first-order chi connectivity index (χ1) is 18.8. The number of likely N-dealkylation sites (N-methyl/N-ethyl adjacent to an activating group) is 1. The average molecular weight is 529 g/mol. The second kappa shape index (κ2) is 10.7. The lowest BCUT2D eigenvalue weighted by molar-refractivity contribution is -0.140. The molecule has 1 saturated heterocycles. The molecule has 1 N–H and O–H groups in total. The Morgan fingerprint density at radius 1 is 1.03 bits per heavy atom. The summed E-state index contributed by atoms with van der Waals surface area (Å²) in [4.78, 5) is 30.4. The summed E-state index contributed by atoms with van der Waals surface area (Å²) < 4.78 is 16.8. The highest BCUT2D eigenvalue weighted by atomic mass is 16.5. The van der Waals surface area contributed by atoms with E-state index in [2.05, 4.69) is 0 Å². The van der Waals surface area contributed by atoms with Crippen LogP contribution < -0.4 is 19.1 Å². The molecule has 1 atom stereocenters. The first kappa shape index (κ1) is 26.2. The van der Waals surface area contributed by atoms with Crippen molar-refractivity contribution in [1.29, 1.82) is 0 Å². The van der Waals surface area contributed by atoms with Crippen LogP contribution in [0.5, 0.6) is 17.2 Å². The van der Waals surface area contributed by atoms with Crippen molar-refractivity contribution in [3.63, 3.8) is 0 Å². The molecule has 2 aliphatic heterocycles. The molecule has 1 unspecified atom stereocenters. The number of carbonyl (C=O) groups excluding carboxylic acids is 2. The van der Waals surface area contributed by atoms with Crippen LogP contribution in [0.4, 0.5) is 5.69 Å². The van der Waals surface area contributed by atoms with Crippen LogP contribution in [-0.4, -0.2) is 55.1 Å². The molecule has 0 aliphatic carbocycles. The van der Waals surface area contributed by atoms with E-state index in [9.17, 15) is 14.7 Å². The molecular formula is C31H32N2O6. The molecule has 0 bridgehead atoms. The standard InChI is InChI=1S/C31H32N2O6/c1-19(2)39-24-10-5-20(6-11-24)18-33-28(21-7-12-23(37-4)13-8-21)27(30(35)31(33)36)29(34)22-9-14-26-25(17-22)32(3)15-16-38-26/h5-14,17,19,28,34H,15-16,18H2,1-4H3/b29-27-. The smallest absolute Gasteiger partial charge is 0.295 e. The predicted molar refractivity (Wildman–Crippen MR) is 148 cm³/mol. The number of fused-ring (bicyclic) bond motifs is 1. The van der Waals surface area contributed by atoms with Crippen molar-refractivity contribution in [3.05, 3.63) is 89.0 Å². The molecule has 39 heavy (non-hydrogen) atoms. The van der Waals surface area contributed by atoms with Gasteiger partial charge in [-0.2, -0.15) is 0 Å². The van der Waals surface area contributed by atoms with Gasteiger partial charge in [0.2, 0.25) is 0 Å². The number of benzene rings is 3. The normalized spacial score (nSPS) is 18.2. The second-order valence-corrected chi connectivity index (χ2v) is 9.96. The number of rotatable bonds is 7. The van der Waals surface area contributed by atoms with E-state index >= 15 is 0 Å². The fraction of sp³-hybridized carbons (Fsp3) is 0.290. The first-order valence-electron chi connectivity index (χ1n) is 12.9. The van der Waals surface area contributed by atoms with Crippen LogP contribution in [0.2, 0.25) is 0 Å². The van der Waals surface area contributed by atoms with E-state index in [0.717, 1.165) is 17.0 Å². The highest BCUT2D eigenvalue weighted by molar-refractivity contribution is 6.46. The van der Waals surface area contributed by atoms with Gasteiger partial charge in [0, 0.05) is 19.2 Å². The van der Waals surface area contributed by atoms with Crippen molar-refractivity contribution in [2.24, 2.45) is 0 Å². The predicted octanol–water partition coefficient (Wildman–Crippen LogP) is 4.93. The number of anilines is 1. The second-order valence-electron chi connectivity index (χ2n) is 9.96. The third-order valence-corrected chi connectivity index (χ3v) is 6.95. The Labute approximate surface area is 228 Å². The summed E-state index contributed by atoms with van der Waals surface area (Å²) in [5.41, 5.74) is 2.82. The largest absolute Gasteiger partial charge is 0.507 e. The minimum absolute atomic E-state index is 0.0405. The van der Waals surface area contributed by atoms with Gasteiger partial charge in [-0.05, 0) is 67.4 Å². The summed E-state index contributed by atoms with van der Waals surface area (Å²) >= 11 is 0. The summed E-state index contributed by atoms with van der Waals surface area (Å²) in [5, 5.41) is 11.5. The number of hydrogen-bond donors (Lipinski definition) is 1. The van der Waals surface area contributed by atoms with Crippen molar-refractivity contribution in [2.75, 3.05) is 32.2 Å². The molecule has 5 rings (SSSR count). The van der Waals surface area contributed by atoms with Crippen LogP contribution in [0.15, 0.2) is 72.3 Å². The van der Waals surface area contributed by atoms with E-state index in [0.29, 0.717) is 35.8 Å². The van der Waals surface area contributed by atoms with E-state index in [1.165, 1.54) is 4.90 Å². The zero-order valence-electron chi connectivity index (χ0n) is 22.5. The molecule has 1 fully saturated rings. The van der Waals surface area contributed by atoms with Gasteiger partial charge in [0.1, 0.15) is 29.6 Å². The van der Waals surface area contributed by atoms with E-state index in [4.69, 9.17) is 14.2 Å². The van der Waals surface area contributed by atoms with Crippen molar-refractivity contribution in [3.8, 4) is 17.2 Å². The topological polar surface area (TPSA) is 88.5 Å². The van der Waals surface area contributed by atoms with Gasteiger partial charge in [-0.3, -0.25) is 9.59 Å². The van der Waals surface area contributed by atoms with Crippen molar-refractivity contribution in [1.82, 2.24) is 4.90 Å². The quantitative estimate of drug-likeness (QED) is 0.264. The van der Waals surface area contributed by atoms with Crippen molar-refractivity contribution in [2.45, 2.75) is 32.5 Å². The minimum Gasteiger partial charge on any atom is -0.507 e. The number of amides is 1. The Hall–Kier alpha value is -4.46. The van der Waals surface area contributed by atoms with Crippen molar-refractivity contribution < 1.29 is 28.9 Å². The maximum Gasteiger partial charge on any atom is 0.295 e. The Morgan fingerprint density at radius 2 is 1.72 bits per heavy atom. The molecule has 3 aromatic carbocycles. The summed E-state index contributed by atoms with van der Waals surface area (Å²) in [7, 11) is 3.52. The van der Waals surface area contributed by atoms with Crippen LogP contribution in [0.25, 0.3) is 5.76 Å². The van der Waals surface area contributed by atoms with Crippen LogP contribution in [0.3, 0.4) is 0 Å². The number of aliphatic hydroxyl groups is 1. The number of nitrogens with zero attached hydrogens (tertiary/aromatic N) is 2. The Balaban J connectivity index is 1.57. The molecule has 0 aromatic heterocycles. The fourth-order valence-corrected chi connectivity index (χ4v) is 4.97. The number of carbonyl (C=O) groups is 2. The number of ketones is 1. The van der Waals surface area contributed by atoms with Gasteiger partial charge in [0.25, 0.3) is 11.7 Å². The molecule has 0 saturated carbocycles. The Bertz CT molecular complexity index is 1410. The highest BCUT2D eigenvalue weighted by Crippen LogP contribution is 2.42. The molecular weight excluding hydrogens is 496 g/mol. The van der Waals surface area contributed by atoms with Gasteiger partial charge in [0.05, 0.1) is 37.1 Å². The SMILES string of the molecule is COc1ccc(C2/C(=C(/O)c3ccc4c(c3)N(C)CCO4)C(=O)C(=O)N2Cc2ccc(OC(C)C)cc2)cc1. The summed E-state index contributed by atoms with van der Waals surface area (Å²) in [6.45, 7) is 5.36. The third kappa shape index (κ3) is 5.14. The van der Waals surface area contributed by atoms with Gasteiger partial charge in [-0.15, -0.1) is 0 Å². The zero-order chi connectivity index (χ0) is 27.7. The van der Waals surface area contributed by atoms with E-state index < -0.39 is 17.7 Å². The van der Waals surface area contributed by atoms with E-state index in [1.54, 1.807) is 37.4 Å². The van der Waals surface area contributed by atoms with Gasteiger partial charge in [-0.1, -0.05) is 24.3 Å². The molecule has 0 radical (unpaired) electrons. The number of Topliss-reactive ketones (excluding diaryl/α,β-unsaturated/α-hetero) is 1. The molecule has 0 spiro atoms. The van der Waals surface area contributed by atoms with Crippen LogP contribution >= 0.6 is 0 Å². The monoisotopic (exact) mass is 528 g/mol. The lowest BCUT2D eigenvalue weighted by Crippen LogP contribution is -2.29. The number of hydrogen-bond acceptors (Lipinski definition) is 7. The average Bonchev–Trinajstić information content (AvgIpc) is 3.18. The summed E-state index contributed by atoms with van der Waals surface area (Å²) in [6, 6.07) is 19.1. The molecule has 3 aromatic rings. The number of likely N-dealkylation sites (tertiary alicyclic amines) is 1. The van der Waals surface area contributed by atoms with Gasteiger partial charge in [-0.25, -0.2) is 0 Å². The van der Waals surface area contributed by atoms with Gasteiger partial charge in [0.15, 0.2) is 0 Å². The Morgan fingerprint density at radius 3 is 2.38 bits per heavy atom. The van der Waals surface area contributed by atoms with E-state index in [-0.39, 0.29) is 24.0 Å². The number of aliphatic hydroxyl groups excluding tert-OH is 1. The third-order valence-electron chi connectivity index (χ3n) is 6.95. The van der Waals surface area contributed by atoms with Crippen LogP contribution in [0, 0.1) is 0 Å². The first-order valence-corrected chi connectivity index (χ1v) is 12.9. The Kier molecular flexibility index (Phi) is 7.19. The van der Waals surface area contributed by atoms with Crippen molar-refractivity contribution >= 4 is 23.1 Å². The fourth-order valence-electron chi connectivity index (χ4n) is 4.97. The minimum atomic E-state index is -0.785. The maximum absolute atomic E-state index is 13.5. The summed E-state index contributed by atoms with van der Waals surface area (Å²) in [5.74, 6) is 0.461. The van der Waals surface area contributed by atoms with Crippen LogP contribution in [0.1, 0.15) is 36.6 Å². The molecule has 202 valence electrons. The number of ether oxygens (including phenoxy) is 3. The van der Waals surface area contributed by atoms with Gasteiger partial charge < -0.3 is 29.1 Å². The molecule has 8 heteroatoms. The van der Waals surface area contributed by atoms with Crippen LogP contribution in [-0.2, 0) is 16.1 Å². The lowest BCUT2D eigenvalue weighted by atomic mass is 9.94. The molecule has 2 aliphatic rings.